The van der Waals surface area contributed by atoms with Gasteiger partial charge in [0.05, 0.1) is 16.1 Å². The van der Waals surface area contributed by atoms with Gasteiger partial charge >= 0.3 is 5.97 Å². The lowest BCUT2D eigenvalue weighted by molar-refractivity contribution is -0.234. The van der Waals surface area contributed by atoms with Crippen molar-refractivity contribution in [2.45, 2.75) is 19.8 Å². The minimum atomic E-state index is -0.567. The normalized spacial score (nSPS) is 11.1. The molecule has 0 aromatic heterocycles. The van der Waals surface area contributed by atoms with Gasteiger partial charge in [0.25, 0.3) is 0 Å². The summed E-state index contributed by atoms with van der Waals surface area (Å²) in [5.41, 5.74) is 1.09. The molecule has 18 heavy (non-hydrogen) atoms. The molecule has 1 aliphatic heterocycles. The maximum absolute atomic E-state index is 9.94. The van der Waals surface area contributed by atoms with Crippen molar-refractivity contribution >= 4 is 34.0 Å². The van der Waals surface area contributed by atoms with Crippen LogP contribution >= 0.6 is 11.6 Å². The Kier molecular flexibility index (Phi) is 3.79. The van der Waals surface area contributed by atoms with Crippen molar-refractivity contribution in [3.8, 4) is 0 Å². The van der Waals surface area contributed by atoms with Crippen LogP contribution < -0.4 is 5.36 Å². The molecule has 2 aromatic rings. The van der Waals surface area contributed by atoms with Gasteiger partial charge < -0.3 is 4.89 Å². The quantitative estimate of drug-likeness (QED) is 0.571. The van der Waals surface area contributed by atoms with E-state index in [0.29, 0.717) is 6.42 Å². The molecule has 1 N–H and O–H groups in total. The molecule has 4 bridgehead atoms. The smallest absolute Gasteiger partial charge is 0.301 e. The van der Waals surface area contributed by atoms with Crippen molar-refractivity contribution in [3.63, 3.8) is 0 Å². The molecule has 0 unspecified atom stereocenters. The summed E-state index contributed by atoms with van der Waals surface area (Å²) in [5.74, 6) is -0.567. The van der Waals surface area contributed by atoms with Gasteiger partial charge in [0.15, 0.2) is 0 Å². The van der Waals surface area contributed by atoms with Crippen molar-refractivity contribution in [2.24, 2.45) is 4.99 Å². The predicted octanol–water partition coefficient (Wildman–Crippen LogP) is 3.28. The Morgan fingerprint density at radius 1 is 1.33 bits per heavy atom. The zero-order valence-corrected chi connectivity index (χ0v) is 10.6. The number of hydrogen-bond donors (Lipinski definition) is 1. The van der Waals surface area contributed by atoms with E-state index in [9.17, 15) is 4.79 Å². The van der Waals surface area contributed by atoms with Crippen LogP contribution in [0.1, 0.15) is 19.8 Å². The van der Waals surface area contributed by atoms with Crippen molar-refractivity contribution in [1.82, 2.24) is 0 Å². The second-order valence-electron chi connectivity index (χ2n) is 3.90. The number of carbonyl (C=O) groups is 1. The van der Waals surface area contributed by atoms with E-state index in [-0.39, 0.29) is 6.42 Å². The Labute approximate surface area is 109 Å². The summed E-state index contributed by atoms with van der Waals surface area (Å²) < 4.78 is 0. The van der Waals surface area contributed by atoms with Gasteiger partial charge in [-0.25, -0.2) is 9.79 Å². The molecule has 4 nitrogen and oxygen atoms in total. The summed E-state index contributed by atoms with van der Waals surface area (Å²) in [7, 11) is 0. The van der Waals surface area contributed by atoms with Crippen LogP contribution in [0.15, 0.2) is 29.3 Å². The summed E-state index contributed by atoms with van der Waals surface area (Å²) in [6.07, 6.45) is 0.996. The van der Waals surface area contributed by atoms with Crippen LogP contribution in [0.5, 0.6) is 0 Å². The Morgan fingerprint density at radius 3 is 2.56 bits per heavy atom. The fourth-order valence-corrected chi connectivity index (χ4v) is 1.95. The van der Waals surface area contributed by atoms with E-state index in [0.717, 1.165) is 21.5 Å². The SMILES string of the molecule is CCCC(=O)OO.Clc1ccc2c3ccc1c2n3. The van der Waals surface area contributed by atoms with Gasteiger partial charge in [-0.2, -0.15) is 5.26 Å². The number of rotatable bonds is 2. The largest absolute Gasteiger partial charge is 0.342 e. The Bertz CT molecular complexity index is 639. The molecule has 1 heterocycles. The zero-order chi connectivity index (χ0) is 13.1. The summed E-state index contributed by atoms with van der Waals surface area (Å²) in [6.45, 7) is 1.83. The highest BCUT2D eigenvalue weighted by molar-refractivity contribution is 6.34. The van der Waals surface area contributed by atoms with Gasteiger partial charge in [0.2, 0.25) is 0 Å². The molecule has 5 heteroatoms. The number of benzene rings is 2. The highest BCUT2D eigenvalue weighted by Crippen LogP contribution is 2.29. The van der Waals surface area contributed by atoms with Crippen LogP contribution in [0.25, 0.3) is 10.8 Å². The minimum absolute atomic E-state index is 0.288. The first-order chi connectivity index (χ1) is 8.67. The summed E-state index contributed by atoms with van der Waals surface area (Å²) in [4.78, 5) is 17.6. The average molecular weight is 266 g/mol. The molecule has 0 radical (unpaired) electrons. The molecule has 0 saturated heterocycles. The number of halogens is 1. The minimum Gasteiger partial charge on any atom is -0.301 e. The van der Waals surface area contributed by atoms with Crippen LogP contribution in [-0.4, -0.2) is 11.2 Å². The summed E-state index contributed by atoms with van der Waals surface area (Å²) in [6, 6.07) is 7.97. The van der Waals surface area contributed by atoms with Crippen LogP contribution in [0, 0.1) is 0 Å². The molecule has 2 aromatic carbocycles. The van der Waals surface area contributed by atoms with E-state index in [1.807, 2.05) is 31.2 Å². The van der Waals surface area contributed by atoms with Gasteiger partial charge in [-0.1, -0.05) is 18.5 Å². The molecule has 94 valence electrons. The average Bonchev–Trinajstić information content (AvgIpc) is 2.38. The molecule has 3 rings (SSSR count). The van der Waals surface area contributed by atoms with E-state index in [2.05, 4.69) is 9.88 Å². The van der Waals surface area contributed by atoms with Gasteiger partial charge in [0.1, 0.15) is 0 Å². The van der Waals surface area contributed by atoms with Crippen LogP contribution in [0.3, 0.4) is 0 Å². The Balaban J connectivity index is 0.000000152. The lowest BCUT2D eigenvalue weighted by Crippen LogP contribution is -2.11. The predicted molar refractivity (Wildman–Crippen MR) is 69.0 cm³/mol. The fourth-order valence-electron chi connectivity index (χ4n) is 1.74. The molecule has 0 saturated carbocycles. The fraction of sp³-hybridized carbons (Fsp3) is 0.231. The highest BCUT2D eigenvalue weighted by atomic mass is 35.5. The van der Waals surface area contributed by atoms with E-state index in [1.165, 1.54) is 5.39 Å². The van der Waals surface area contributed by atoms with Crippen LogP contribution in [0.4, 0.5) is 5.69 Å². The first-order valence-electron chi connectivity index (χ1n) is 5.61. The first kappa shape index (κ1) is 12.8. The van der Waals surface area contributed by atoms with Gasteiger partial charge in [-0.15, -0.1) is 0 Å². The topological polar surface area (TPSA) is 58.9 Å². The highest BCUT2D eigenvalue weighted by Gasteiger charge is 2.12. The van der Waals surface area contributed by atoms with Crippen molar-refractivity contribution in [1.29, 1.82) is 0 Å². The van der Waals surface area contributed by atoms with Gasteiger partial charge in [-0.3, -0.25) is 0 Å². The standard InChI is InChI=1S/C9H4ClN.C4H8O3/c10-7-3-1-6-8-4-2-5(7)9(6)11-8;1-2-3-4(5)7-6/h1-4H;6H,2-3H2,1H3. The van der Waals surface area contributed by atoms with E-state index in [1.54, 1.807) is 0 Å². The van der Waals surface area contributed by atoms with E-state index in [4.69, 9.17) is 16.9 Å². The molecular weight excluding hydrogens is 254 g/mol. The lowest BCUT2D eigenvalue weighted by atomic mass is 10.0. The third-order valence-electron chi connectivity index (χ3n) is 2.64. The molecular formula is C13H12ClNO3. The molecule has 0 spiro atoms. The van der Waals surface area contributed by atoms with Crippen LogP contribution in [-0.2, 0) is 9.68 Å². The third-order valence-corrected chi connectivity index (χ3v) is 2.97. The number of hydrogen-bond acceptors (Lipinski definition) is 4. The second-order valence-corrected chi connectivity index (χ2v) is 4.31. The maximum atomic E-state index is 9.94. The molecule has 0 atom stereocenters. The number of carbonyl (C=O) groups excluding carboxylic acids is 1. The zero-order valence-electron chi connectivity index (χ0n) is 9.81. The molecule has 0 amide bonds. The van der Waals surface area contributed by atoms with Crippen molar-refractivity contribution in [3.05, 3.63) is 34.6 Å². The summed E-state index contributed by atoms with van der Waals surface area (Å²) >= 11 is 5.94. The Morgan fingerprint density at radius 2 is 2.06 bits per heavy atom. The second kappa shape index (κ2) is 5.33. The van der Waals surface area contributed by atoms with E-state index >= 15 is 0 Å². The Hall–Kier alpha value is -1.65. The van der Waals surface area contributed by atoms with Crippen LogP contribution in [0.2, 0.25) is 5.02 Å². The molecule has 1 aliphatic rings. The van der Waals surface area contributed by atoms with Gasteiger partial charge in [-0.05, 0) is 30.7 Å². The monoisotopic (exact) mass is 265 g/mol. The first-order valence-corrected chi connectivity index (χ1v) is 5.99. The summed E-state index contributed by atoms with van der Waals surface area (Å²) in [5, 5.41) is 11.8. The molecule has 0 aliphatic carbocycles. The van der Waals surface area contributed by atoms with E-state index < -0.39 is 5.97 Å². The molecule has 0 fully saturated rings. The number of nitrogens with zero attached hydrogens (tertiary/aromatic N) is 1. The third kappa shape index (κ3) is 2.30. The maximum Gasteiger partial charge on any atom is 0.342 e. The lowest BCUT2D eigenvalue weighted by Gasteiger charge is -2.11. The van der Waals surface area contributed by atoms with Gasteiger partial charge in [0, 0.05) is 17.2 Å². The van der Waals surface area contributed by atoms with Crippen molar-refractivity contribution < 1.29 is 14.9 Å². The van der Waals surface area contributed by atoms with Crippen molar-refractivity contribution in [2.75, 3.05) is 0 Å².